The summed E-state index contributed by atoms with van der Waals surface area (Å²) in [6.45, 7) is 6.99. The van der Waals surface area contributed by atoms with Gasteiger partial charge in [-0.1, -0.05) is 23.8 Å². The van der Waals surface area contributed by atoms with Gasteiger partial charge in [0.25, 0.3) is 0 Å². The third kappa shape index (κ3) is 5.17. The molecule has 35 heavy (non-hydrogen) atoms. The molecule has 3 aromatic rings. The number of fused-ring (bicyclic) bond motifs is 1. The van der Waals surface area contributed by atoms with Crippen LogP contribution in [0.1, 0.15) is 34.0 Å². The predicted octanol–water partition coefficient (Wildman–Crippen LogP) is 3.08. The molecule has 0 saturated carbocycles. The second-order valence-electron chi connectivity index (χ2n) is 9.01. The van der Waals surface area contributed by atoms with Crippen LogP contribution >= 0.6 is 0 Å². The smallest absolute Gasteiger partial charge is 0.249 e. The van der Waals surface area contributed by atoms with E-state index in [2.05, 4.69) is 9.55 Å². The summed E-state index contributed by atoms with van der Waals surface area (Å²) >= 11 is 0. The van der Waals surface area contributed by atoms with Gasteiger partial charge in [-0.3, -0.25) is 9.78 Å². The topological polar surface area (TPSA) is 84.7 Å². The molecule has 0 N–H and O–H groups in total. The lowest BCUT2D eigenvalue weighted by molar-refractivity contribution is -0.138. The Morgan fingerprint density at radius 3 is 2.57 bits per heavy atom. The summed E-state index contributed by atoms with van der Waals surface area (Å²) in [5.41, 5.74) is 4.45. The molecule has 1 aliphatic rings. The van der Waals surface area contributed by atoms with Crippen molar-refractivity contribution in [3.8, 4) is 0 Å². The first-order chi connectivity index (χ1) is 16.7. The molecule has 3 heterocycles. The second-order valence-corrected chi connectivity index (χ2v) is 11.0. The van der Waals surface area contributed by atoms with Gasteiger partial charge in [-0.15, -0.1) is 0 Å². The normalized spacial score (nSPS) is 15.9. The fourth-order valence-corrected chi connectivity index (χ4v) is 6.38. The van der Waals surface area contributed by atoms with Gasteiger partial charge in [-0.2, -0.15) is 4.31 Å². The Morgan fingerprint density at radius 2 is 1.89 bits per heavy atom. The van der Waals surface area contributed by atoms with Crippen LogP contribution in [0.2, 0.25) is 0 Å². The zero-order valence-corrected chi connectivity index (χ0v) is 21.5. The summed E-state index contributed by atoms with van der Waals surface area (Å²) < 4.78 is 35.4. The van der Waals surface area contributed by atoms with Gasteiger partial charge in [-0.25, -0.2) is 8.42 Å². The van der Waals surface area contributed by atoms with E-state index in [1.54, 1.807) is 12.4 Å². The Kier molecular flexibility index (Phi) is 7.39. The molecule has 1 amide bonds. The molecule has 0 radical (unpaired) electrons. The van der Waals surface area contributed by atoms with Crippen LogP contribution < -0.4 is 0 Å². The average molecular weight is 497 g/mol. The van der Waals surface area contributed by atoms with Gasteiger partial charge in [0.05, 0.1) is 17.5 Å². The van der Waals surface area contributed by atoms with Crippen molar-refractivity contribution in [3.63, 3.8) is 0 Å². The Labute approximate surface area is 207 Å². The fourth-order valence-electron chi connectivity index (χ4n) is 4.83. The summed E-state index contributed by atoms with van der Waals surface area (Å²) in [5, 5.41) is 0. The van der Waals surface area contributed by atoms with Crippen LogP contribution in [-0.2, 0) is 26.1 Å². The van der Waals surface area contributed by atoms with Gasteiger partial charge in [0.1, 0.15) is 6.61 Å². The summed E-state index contributed by atoms with van der Waals surface area (Å²) in [4.78, 5) is 19.5. The molecule has 0 aliphatic carbocycles. The van der Waals surface area contributed by atoms with E-state index in [0.29, 0.717) is 18.0 Å². The summed E-state index contributed by atoms with van der Waals surface area (Å²) in [6, 6.07) is 11.3. The predicted molar refractivity (Wildman–Crippen MR) is 134 cm³/mol. The van der Waals surface area contributed by atoms with E-state index in [1.807, 2.05) is 68.3 Å². The van der Waals surface area contributed by atoms with E-state index >= 15 is 0 Å². The number of likely N-dealkylation sites (N-methyl/N-ethyl adjacent to an activating group) is 1. The van der Waals surface area contributed by atoms with Crippen molar-refractivity contribution in [2.45, 2.75) is 38.3 Å². The number of aromatic nitrogens is 2. The van der Waals surface area contributed by atoms with Gasteiger partial charge < -0.3 is 14.2 Å². The maximum absolute atomic E-state index is 13.1. The van der Waals surface area contributed by atoms with Crippen LogP contribution in [-0.4, -0.2) is 66.4 Å². The van der Waals surface area contributed by atoms with Crippen LogP contribution in [0, 0.1) is 20.8 Å². The van der Waals surface area contributed by atoms with Gasteiger partial charge in [-0.05, 0) is 55.7 Å². The van der Waals surface area contributed by atoms with Crippen LogP contribution in [0.25, 0.3) is 0 Å². The third-order valence-electron chi connectivity index (χ3n) is 6.41. The number of pyridine rings is 1. The maximum Gasteiger partial charge on any atom is 0.249 e. The minimum Gasteiger partial charge on any atom is -0.370 e. The molecule has 0 fully saturated rings. The minimum absolute atomic E-state index is 0.117. The number of carbonyl (C=O) groups excluding carboxylic acids is 1. The van der Waals surface area contributed by atoms with Crippen LogP contribution in [0.5, 0.6) is 0 Å². The van der Waals surface area contributed by atoms with Crippen molar-refractivity contribution in [2.75, 3.05) is 33.4 Å². The Hall–Kier alpha value is -3.01. The summed E-state index contributed by atoms with van der Waals surface area (Å²) in [5.74, 6) is -0.137. The molecule has 0 spiro atoms. The standard InChI is InChI=1S/C26H32N4O4S/c1-19-15-20(2)26(21(3)16-19)35(32,33)28(4)13-14-34-18-24(31)30-12-11-29-10-6-8-23(29)25(30)22-7-5-9-27-17-22/h5-10,15-17,25H,11-14,18H2,1-4H3. The van der Waals surface area contributed by atoms with Crippen molar-refractivity contribution in [1.29, 1.82) is 0 Å². The Balaban J connectivity index is 1.39. The van der Waals surface area contributed by atoms with Gasteiger partial charge >= 0.3 is 0 Å². The zero-order valence-electron chi connectivity index (χ0n) is 20.6. The number of nitrogens with zero attached hydrogens (tertiary/aromatic N) is 4. The van der Waals surface area contributed by atoms with Gasteiger partial charge in [0.15, 0.2) is 0 Å². The molecule has 8 nitrogen and oxygen atoms in total. The molecule has 1 unspecified atom stereocenters. The van der Waals surface area contributed by atoms with E-state index in [9.17, 15) is 13.2 Å². The number of ether oxygens (including phenoxy) is 1. The lowest BCUT2D eigenvalue weighted by atomic mass is 10.0. The highest BCUT2D eigenvalue weighted by Gasteiger charge is 2.32. The van der Waals surface area contributed by atoms with Crippen LogP contribution in [0.3, 0.4) is 0 Å². The molecule has 1 atom stereocenters. The first kappa shape index (κ1) is 25.1. The quantitative estimate of drug-likeness (QED) is 0.448. The van der Waals surface area contributed by atoms with Gasteiger partial charge in [0.2, 0.25) is 15.9 Å². The highest BCUT2D eigenvalue weighted by Crippen LogP contribution is 2.32. The number of aryl methyl sites for hydroxylation is 3. The SMILES string of the molecule is Cc1cc(C)c(S(=O)(=O)N(C)CCOCC(=O)N2CCn3cccc3C2c2cccnc2)c(C)c1. The van der Waals surface area contributed by atoms with E-state index in [1.165, 1.54) is 11.4 Å². The number of hydrogen-bond donors (Lipinski definition) is 0. The molecule has 9 heteroatoms. The number of benzene rings is 1. The van der Waals surface area contributed by atoms with E-state index in [4.69, 9.17) is 4.74 Å². The first-order valence-corrected chi connectivity index (χ1v) is 13.1. The number of rotatable bonds is 8. The molecule has 1 aromatic carbocycles. The number of hydrogen-bond acceptors (Lipinski definition) is 5. The molecule has 0 bridgehead atoms. The van der Waals surface area contributed by atoms with Crippen molar-refractivity contribution < 1.29 is 17.9 Å². The molecular formula is C26H32N4O4S. The van der Waals surface area contributed by atoms with Crippen molar-refractivity contribution >= 4 is 15.9 Å². The molecule has 4 rings (SSSR count). The molecule has 1 aliphatic heterocycles. The average Bonchev–Trinajstić information content (AvgIpc) is 3.29. The maximum atomic E-state index is 13.1. The lowest BCUT2D eigenvalue weighted by Crippen LogP contribution is -2.44. The third-order valence-corrected chi connectivity index (χ3v) is 8.57. The highest BCUT2D eigenvalue weighted by atomic mass is 32.2. The largest absolute Gasteiger partial charge is 0.370 e. The first-order valence-electron chi connectivity index (χ1n) is 11.7. The number of sulfonamides is 1. The highest BCUT2D eigenvalue weighted by molar-refractivity contribution is 7.89. The molecule has 186 valence electrons. The Bertz CT molecular complexity index is 1280. The Morgan fingerprint density at radius 1 is 1.14 bits per heavy atom. The van der Waals surface area contributed by atoms with Crippen molar-refractivity contribution in [1.82, 2.24) is 18.8 Å². The molecular weight excluding hydrogens is 464 g/mol. The fraction of sp³-hybridized carbons (Fsp3) is 0.385. The van der Waals surface area contributed by atoms with E-state index in [0.717, 1.165) is 27.9 Å². The zero-order chi connectivity index (χ0) is 25.2. The molecule has 0 saturated heterocycles. The second kappa shape index (κ2) is 10.3. The summed E-state index contributed by atoms with van der Waals surface area (Å²) in [7, 11) is -2.12. The van der Waals surface area contributed by atoms with Gasteiger partial charge in [0, 0.05) is 51.0 Å². The van der Waals surface area contributed by atoms with Crippen LogP contribution in [0.4, 0.5) is 0 Å². The number of carbonyl (C=O) groups is 1. The number of amides is 1. The van der Waals surface area contributed by atoms with Crippen LogP contribution in [0.15, 0.2) is 59.9 Å². The van der Waals surface area contributed by atoms with Crippen molar-refractivity contribution in [3.05, 3.63) is 82.9 Å². The monoisotopic (exact) mass is 496 g/mol. The van der Waals surface area contributed by atoms with Crippen molar-refractivity contribution in [2.24, 2.45) is 0 Å². The minimum atomic E-state index is -3.66. The summed E-state index contributed by atoms with van der Waals surface area (Å²) in [6.07, 6.45) is 5.51. The lowest BCUT2D eigenvalue weighted by Gasteiger charge is -2.37. The molecule has 2 aromatic heterocycles. The van der Waals surface area contributed by atoms with E-state index < -0.39 is 10.0 Å². The van der Waals surface area contributed by atoms with E-state index in [-0.39, 0.29) is 31.7 Å².